The van der Waals surface area contributed by atoms with E-state index in [1.165, 1.54) is 11.3 Å². The normalized spacial score (nSPS) is 14.3. The van der Waals surface area contributed by atoms with Crippen LogP contribution < -0.4 is 5.32 Å². The summed E-state index contributed by atoms with van der Waals surface area (Å²) in [5.74, 6) is 0.676. The van der Waals surface area contributed by atoms with Crippen molar-refractivity contribution in [2.24, 2.45) is 5.92 Å². The molecule has 0 aliphatic carbocycles. The Hall–Kier alpha value is -1.19. The van der Waals surface area contributed by atoms with Gasteiger partial charge in [0.25, 0.3) is 0 Å². The van der Waals surface area contributed by atoms with E-state index in [9.17, 15) is 0 Å². The molecule has 114 valence electrons. The summed E-state index contributed by atoms with van der Waals surface area (Å²) < 4.78 is 0. The zero-order valence-corrected chi connectivity index (χ0v) is 14.1. The number of thiazole rings is 1. The summed E-state index contributed by atoms with van der Waals surface area (Å²) in [7, 11) is 0. The van der Waals surface area contributed by atoms with Crippen LogP contribution in [0.25, 0.3) is 0 Å². The standard InChI is InChI=1S/C18H26N2S/c1-4-18(13-19-11-15(2)3,10-17-12-21-14-20-17)16-8-6-5-7-9-16/h5-9,12,14-15,19H,4,10-11,13H2,1-3H3. The Morgan fingerprint density at radius 1 is 1.24 bits per heavy atom. The molecule has 0 bridgehead atoms. The minimum Gasteiger partial charge on any atom is -0.316 e. The van der Waals surface area contributed by atoms with Gasteiger partial charge in [0.05, 0.1) is 11.2 Å². The topological polar surface area (TPSA) is 24.9 Å². The van der Waals surface area contributed by atoms with Crippen LogP contribution in [0.2, 0.25) is 0 Å². The van der Waals surface area contributed by atoms with Crippen molar-refractivity contribution in [2.75, 3.05) is 13.1 Å². The Kier molecular flexibility index (Phi) is 5.95. The summed E-state index contributed by atoms with van der Waals surface area (Å²) in [4.78, 5) is 4.51. The van der Waals surface area contributed by atoms with Crippen molar-refractivity contribution in [2.45, 2.75) is 39.0 Å². The van der Waals surface area contributed by atoms with Crippen LogP contribution in [-0.4, -0.2) is 18.1 Å². The Morgan fingerprint density at radius 3 is 2.57 bits per heavy atom. The lowest BCUT2D eigenvalue weighted by atomic mass is 9.74. The number of nitrogens with one attached hydrogen (secondary N) is 1. The Morgan fingerprint density at radius 2 is 2.00 bits per heavy atom. The van der Waals surface area contributed by atoms with Crippen LogP contribution in [0.1, 0.15) is 38.4 Å². The maximum absolute atomic E-state index is 4.51. The fraction of sp³-hybridized carbons (Fsp3) is 0.500. The molecule has 2 nitrogen and oxygen atoms in total. The molecule has 0 saturated carbocycles. The van der Waals surface area contributed by atoms with E-state index in [2.05, 4.69) is 66.8 Å². The van der Waals surface area contributed by atoms with Gasteiger partial charge in [-0.25, -0.2) is 4.98 Å². The third kappa shape index (κ3) is 4.39. The summed E-state index contributed by atoms with van der Waals surface area (Å²) >= 11 is 1.68. The van der Waals surface area contributed by atoms with Gasteiger partial charge in [-0.2, -0.15) is 0 Å². The molecule has 21 heavy (non-hydrogen) atoms. The van der Waals surface area contributed by atoms with Crippen molar-refractivity contribution in [3.63, 3.8) is 0 Å². The highest BCUT2D eigenvalue weighted by Crippen LogP contribution is 2.31. The summed E-state index contributed by atoms with van der Waals surface area (Å²) in [5.41, 5.74) is 4.68. The zero-order valence-electron chi connectivity index (χ0n) is 13.3. The van der Waals surface area contributed by atoms with Crippen LogP contribution in [0, 0.1) is 5.92 Å². The Labute approximate surface area is 132 Å². The van der Waals surface area contributed by atoms with E-state index in [4.69, 9.17) is 0 Å². The summed E-state index contributed by atoms with van der Waals surface area (Å²) in [6.07, 6.45) is 2.11. The number of hydrogen-bond donors (Lipinski definition) is 1. The van der Waals surface area contributed by atoms with Crippen molar-refractivity contribution < 1.29 is 0 Å². The zero-order chi connectivity index (χ0) is 15.1. The molecule has 0 aliphatic heterocycles. The van der Waals surface area contributed by atoms with Crippen molar-refractivity contribution in [1.29, 1.82) is 0 Å². The van der Waals surface area contributed by atoms with E-state index in [0.717, 1.165) is 25.9 Å². The van der Waals surface area contributed by atoms with Gasteiger partial charge in [0, 0.05) is 23.8 Å². The number of benzene rings is 1. The Bertz CT molecular complexity index is 507. The third-order valence-corrected chi connectivity index (χ3v) is 4.72. The van der Waals surface area contributed by atoms with E-state index in [1.54, 1.807) is 11.3 Å². The fourth-order valence-corrected chi connectivity index (χ4v) is 3.34. The number of hydrogen-bond acceptors (Lipinski definition) is 3. The van der Waals surface area contributed by atoms with Crippen molar-refractivity contribution >= 4 is 11.3 Å². The van der Waals surface area contributed by atoms with E-state index in [1.807, 2.05) is 5.51 Å². The van der Waals surface area contributed by atoms with Crippen LogP contribution in [0.4, 0.5) is 0 Å². The second-order valence-corrected chi connectivity index (χ2v) is 6.90. The van der Waals surface area contributed by atoms with Crippen molar-refractivity contribution in [3.8, 4) is 0 Å². The van der Waals surface area contributed by atoms with Gasteiger partial charge in [-0.15, -0.1) is 11.3 Å². The molecule has 1 heterocycles. The first kappa shape index (κ1) is 16.2. The van der Waals surface area contributed by atoms with Gasteiger partial charge in [0.15, 0.2) is 0 Å². The summed E-state index contributed by atoms with van der Waals surface area (Å²) in [5, 5.41) is 5.84. The van der Waals surface area contributed by atoms with E-state index in [-0.39, 0.29) is 5.41 Å². The van der Waals surface area contributed by atoms with Gasteiger partial charge in [0.2, 0.25) is 0 Å². The summed E-state index contributed by atoms with van der Waals surface area (Å²) in [6, 6.07) is 10.9. The van der Waals surface area contributed by atoms with Gasteiger partial charge < -0.3 is 5.32 Å². The highest BCUT2D eigenvalue weighted by Gasteiger charge is 2.31. The lowest BCUT2D eigenvalue weighted by molar-refractivity contribution is 0.365. The molecule has 2 aromatic rings. The molecule has 0 fully saturated rings. The van der Waals surface area contributed by atoms with Crippen LogP contribution in [-0.2, 0) is 11.8 Å². The van der Waals surface area contributed by atoms with Crippen molar-refractivity contribution in [1.82, 2.24) is 10.3 Å². The molecule has 1 aromatic heterocycles. The lowest BCUT2D eigenvalue weighted by Crippen LogP contribution is -2.41. The number of aromatic nitrogens is 1. The quantitative estimate of drug-likeness (QED) is 0.787. The van der Waals surface area contributed by atoms with Gasteiger partial charge in [-0.05, 0) is 24.4 Å². The monoisotopic (exact) mass is 302 g/mol. The first-order valence-electron chi connectivity index (χ1n) is 7.79. The van der Waals surface area contributed by atoms with E-state index in [0.29, 0.717) is 5.92 Å². The highest BCUT2D eigenvalue weighted by molar-refractivity contribution is 7.07. The summed E-state index contributed by atoms with van der Waals surface area (Å²) in [6.45, 7) is 8.86. The van der Waals surface area contributed by atoms with Crippen LogP contribution in [0.5, 0.6) is 0 Å². The molecular formula is C18H26N2S. The maximum Gasteiger partial charge on any atom is 0.0794 e. The molecule has 2 rings (SSSR count). The molecule has 1 unspecified atom stereocenters. The first-order valence-corrected chi connectivity index (χ1v) is 8.74. The second-order valence-electron chi connectivity index (χ2n) is 6.18. The molecule has 3 heteroatoms. The molecule has 0 amide bonds. The van der Waals surface area contributed by atoms with E-state index >= 15 is 0 Å². The number of nitrogens with zero attached hydrogens (tertiary/aromatic N) is 1. The largest absolute Gasteiger partial charge is 0.316 e. The molecule has 0 spiro atoms. The average Bonchev–Trinajstić information content (AvgIpc) is 2.99. The molecule has 0 aliphatic rings. The third-order valence-electron chi connectivity index (χ3n) is 4.08. The lowest BCUT2D eigenvalue weighted by Gasteiger charge is -2.34. The fourth-order valence-electron chi connectivity index (χ4n) is 2.78. The first-order chi connectivity index (χ1) is 10.2. The molecule has 0 radical (unpaired) electrons. The van der Waals surface area contributed by atoms with Crippen LogP contribution >= 0.6 is 11.3 Å². The van der Waals surface area contributed by atoms with Gasteiger partial charge in [-0.3, -0.25) is 0 Å². The Balaban J connectivity index is 2.22. The molecular weight excluding hydrogens is 276 g/mol. The van der Waals surface area contributed by atoms with Gasteiger partial charge in [-0.1, -0.05) is 51.1 Å². The minimum atomic E-state index is 0.129. The molecule has 1 atom stereocenters. The van der Waals surface area contributed by atoms with Gasteiger partial charge >= 0.3 is 0 Å². The van der Waals surface area contributed by atoms with E-state index < -0.39 is 0 Å². The predicted molar refractivity (Wildman–Crippen MR) is 91.9 cm³/mol. The molecule has 1 N–H and O–H groups in total. The van der Waals surface area contributed by atoms with Gasteiger partial charge in [0.1, 0.15) is 0 Å². The van der Waals surface area contributed by atoms with Crippen LogP contribution in [0.15, 0.2) is 41.2 Å². The van der Waals surface area contributed by atoms with Crippen LogP contribution in [0.3, 0.4) is 0 Å². The SMILES string of the molecule is CCC(CNCC(C)C)(Cc1cscn1)c1ccccc1. The predicted octanol–water partition coefficient (Wildman–Crippen LogP) is 4.28. The smallest absolute Gasteiger partial charge is 0.0794 e. The van der Waals surface area contributed by atoms with Crippen molar-refractivity contribution in [3.05, 3.63) is 52.5 Å². The average molecular weight is 302 g/mol. The second kappa shape index (κ2) is 7.71. The number of rotatable bonds is 8. The molecule has 1 aromatic carbocycles. The molecule has 0 saturated heterocycles. The maximum atomic E-state index is 4.51. The highest BCUT2D eigenvalue weighted by atomic mass is 32.1. The minimum absolute atomic E-state index is 0.129.